The summed E-state index contributed by atoms with van der Waals surface area (Å²) >= 11 is 5.95. The van der Waals surface area contributed by atoms with Gasteiger partial charge in [-0.1, -0.05) is 35.9 Å². The summed E-state index contributed by atoms with van der Waals surface area (Å²) in [6.45, 7) is 6.83. The number of methoxy groups -OCH3 is 1. The summed E-state index contributed by atoms with van der Waals surface area (Å²) in [6.07, 6.45) is 0. The number of para-hydroxylation sites is 1. The number of halogens is 1. The Kier molecular flexibility index (Phi) is 7.78. The first-order chi connectivity index (χ1) is 13.3. The topological polar surface area (TPSA) is 43.0 Å². The van der Waals surface area contributed by atoms with Gasteiger partial charge >= 0.3 is 0 Å². The van der Waals surface area contributed by atoms with Crippen LogP contribution in [0.2, 0.25) is 5.02 Å². The molecule has 0 aromatic heterocycles. The molecule has 1 saturated heterocycles. The summed E-state index contributed by atoms with van der Waals surface area (Å²) in [5.74, 6) is 1.53. The third kappa shape index (κ3) is 6.11. The molecule has 5 nitrogen and oxygen atoms in total. The first kappa shape index (κ1) is 20.0. The Morgan fingerprint density at radius 3 is 2.63 bits per heavy atom. The molecule has 0 spiro atoms. The summed E-state index contributed by atoms with van der Waals surface area (Å²) in [7, 11) is 1.67. The molecule has 0 unspecified atom stereocenters. The third-order valence-corrected chi connectivity index (χ3v) is 4.85. The largest absolute Gasteiger partial charge is 0.493 e. The van der Waals surface area contributed by atoms with Crippen molar-refractivity contribution in [3.05, 3.63) is 58.6 Å². The van der Waals surface area contributed by atoms with Crippen molar-refractivity contribution in [2.45, 2.75) is 13.2 Å². The predicted octanol–water partition coefficient (Wildman–Crippen LogP) is 3.35. The normalized spacial score (nSPS) is 14.9. The van der Waals surface area contributed by atoms with E-state index in [1.54, 1.807) is 7.11 Å². The lowest BCUT2D eigenvalue weighted by Crippen LogP contribution is -2.40. The fourth-order valence-corrected chi connectivity index (χ4v) is 3.17. The Labute approximate surface area is 166 Å². The van der Waals surface area contributed by atoms with Crippen molar-refractivity contribution in [2.75, 3.05) is 46.5 Å². The summed E-state index contributed by atoms with van der Waals surface area (Å²) < 4.78 is 17.0. The van der Waals surface area contributed by atoms with Crippen molar-refractivity contribution in [2.24, 2.45) is 0 Å². The third-order valence-electron chi connectivity index (χ3n) is 4.60. The molecule has 0 aliphatic carbocycles. The van der Waals surface area contributed by atoms with Crippen LogP contribution in [0.15, 0.2) is 42.5 Å². The summed E-state index contributed by atoms with van der Waals surface area (Å²) in [6, 6.07) is 13.7. The van der Waals surface area contributed by atoms with E-state index in [9.17, 15) is 0 Å². The smallest absolute Gasteiger partial charge is 0.166 e. The van der Waals surface area contributed by atoms with E-state index in [0.29, 0.717) is 6.61 Å². The van der Waals surface area contributed by atoms with Gasteiger partial charge in [-0.2, -0.15) is 0 Å². The maximum Gasteiger partial charge on any atom is 0.166 e. The minimum Gasteiger partial charge on any atom is -0.493 e. The number of benzene rings is 2. The van der Waals surface area contributed by atoms with Gasteiger partial charge in [0.05, 0.1) is 20.3 Å². The second-order valence-electron chi connectivity index (χ2n) is 6.49. The fourth-order valence-electron chi connectivity index (χ4n) is 3.05. The molecule has 1 N–H and O–H groups in total. The maximum absolute atomic E-state index is 6.10. The molecule has 6 heteroatoms. The van der Waals surface area contributed by atoms with Crippen LogP contribution in [0.1, 0.15) is 11.1 Å². The standard InChI is InChI=1S/C21H27ClN2O3/c1-25-20-4-2-3-18(15-23-9-10-24-11-13-26-14-12-24)21(20)27-16-17-5-7-19(22)8-6-17/h2-8,23H,9-16H2,1H3. The van der Waals surface area contributed by atoms with Crippen LogP contribution in [0.4, 0.5) is 0 Å². The summed E-state index contributed by atoms with van der Waals surface area (Å²) in [5, 5.41) is 4.23. The van der Waals surface area contributed by atoms with Crippen LogP contribution >= 0.6 is 11.6 Å². The molecule has 2 aromatic rings. The predicted molar refractivity (Wildman–Crippen MR) is 108 cm³/mol. The van der Waals surface area contributed by atoms with Crippen LogP contribution in [0.25, 0.3) is 0 Å². The zero-order chi connectivity index (χ0) is 18.9. The van der Waals surface area contributed by atoms with Crippen LogP contribution in [0.3, 0.4) is 0 Å². The van der Waals surface area contributed by atoms with E-state index < -0.39 is 0 Å². The molecule has 3 rings (SSSR count). The number of rotatable bonds is 9. The first-order valence-corrected chi connectivity index (χ1v) is 9.68. The molecule has 0 amide bonds. The van der Waals surface area contributed by atoms with Crippen molar-refractivity contribution < 1.29 is 14.2 Å². The molecular formula is C21H27ClN2O3. The monoisotopic (exact) mass is 390 g/mol. The number of hydrogen-bond acceptors (Lipinski definition) is 5. The highest BCUT2D eigenvalue weighted by Crippen LogP contribution is 2.31. The van der Waals surface area contributed by atoms with Gasteiger partial charge in [-0.3, -0.25) is 4.90 Å². The lowest BCUT2D eigenvalue weighted by molar-refractivity contribution is 0.0384. The number of ether oxygens (including phenoxy) is 3. The van der Waals surface area contributed by atoms with E-state index in [0.717, 1.165) is 73.6 Å². The van der Waals surface area contributed by atoms with Crippen LogP contribution in [0.5, 0.6) is 11.5 Å². The second kappa shape index (κ2) is 10.5. The Hall–Kier alpha value is -1.79. The average Bonchev–Trinajstić information content (AvgIpc) is 2.72. The van der Waals surface area contributed by atoms with Crippen LogP contribution in [-0.4, -0.2) is 51.4 Å². The molecule has 0 atom stereocenters. The van der Waals surface area contributed by atoms with Gasteiger partial charge in [0.2, 0.25) is 0 Å². The highest BCUT2D eigenvalue weighted by molar-refractivity contribution is 6.30. The summed E-state index contributed by atoms with van der Waals surface area (Å²) in [5.41, 5.74) is 2.15. The van der Waals surface area contributed by atoms with Crippen LogP contribution in [-0.2, 0) is 17.9 Å². The van der Waals surface area contributed by atoms with Crippen LogP contribution < -0.4 is 14.8 Å². The van der Waals surface area contributed by atoms with Crippen molar-refractivity contribution >= 4 is 11.6 Å². The SMILES string of the molecule is COc1cccc(CNCCN2CCOCC2)c1OCc1ccc(Cl)cc1. The van der Waals surface area contributed by atoms with E-state index >= 15 is 0 Å². The van der Waals surface area contributed by atoms with E-state index in [1.807, 2.05) is 36.4 Å². The molecule has 1 aliphatic rings. The molecule has 146 valence electrons. The molecule has 2 aromatic carbocycles. The van der Waals surface area contributed by atoms with Crippen molar-refractivity contribution in [1.82, 2.24) is 10.2 Å². The zero-order valence-corrected chi connectivity index (χ0v) is 16.5. The van der Waals surface area contributed by atoms with Gasteiger partial charge in [0, 0.05) is 43.3 Å². The lowest BCUT2D eigenvalue weighted by atomic mass is 10.1. The Bertz CT molecular complexity index is 703. The average molecular weight is 391 g/mol. The molecule has 27 heavy (non-hydrogen) atoms. The number of hydrogen-bond donors (Lipinski definition) is 1. The first-order valence-electron chi connectivity index (χ1n) is 9.30. The minimum absolute atomic E-state index is 0.471. The second-order valence-corrected chi connectivity index (χ2v) is 6.93. The molecule has 1 fully saturated rings. The molecule has 1 aliphatic heterocycles. The van der Waals surface area contributed by atoms with Gasteiger partial charge in [0.25, 0.3) is 0 Å². The van der Waals surface area contributed by atoms with Gasteiger partial charge in [0.1, 0.15) is 6.61 Å². The van der Waals surface area contributed by atoms with Gasteiger partial charge in [0.15, 0.2) is 11.5 Å². The van der Waals surface area contributed by atoms with Gasteiger partial charge < -0.3 is 19.5 Å². The number of nitrogens with zero attached hydrogens (tertiary/aromatic N) is 1. The quantitative estimate of drug-likeness (QED) is 0.665. The molecule has 0 bridgehead atoms. The Morgan fingerprint density at radius 2 is 1.89 bits per heavy atom. The zero-order valence-electron chi connectivity index (χ0n) is 15.7. The molecule has 1 heterocycles. The number of nitrogens with one attached hydrogen (secondary N) is 1. The van der Waals surface area contributed by atoms with Crippen molar-refractivity contribution in [3.63, 3.8) is 0 Å². The molecule has 0 saturated carbocycles. The van der Waals surface area contributed by atoms with Crippen molar-refractivity contribution in [3.8, 4) is 11.5 Å². The highest BCUT2D eigenvalue weighted by atomic mass is 35.5. The number of morpholine rings is 1. The van der Waals surface area contributed by atoms with E-state index in [1.165, 1.54) is 0 Å². The van der Waals surface area contributed by atoms with Crippen molar-refractivity contribution in [1.29, 1.82) is 0 Å². The Balaban J connectivity index is 1.56. The van der Waals surface area contributed by atoms with E-state index in [2.05, 4.69) is 16.3 Å². The van der Waals surface area contributed by atoms with Gasteiger partial charge in [-0.25, -0.2) is 0 Å². The lowest BCUT2D eigenvalue weighted by Gasteiger charge is -2.26. The highest BCUT2D eigenvalue weighted by Gasteiger charge is 2.12. The fraction of sp³-hybridized carbons (Fsp3) is 0.429. The van der Waals surface area contributed by atoms with Gasteiger partial charge in [-0.05, 0) is 23.8 Å². The maximum atomic E-state index is 6.10. The Morgan fingerprint density at radius 1 is 1.11 bits per heavy atom. The summed E-state index contributed by atoms with van der Waals surface area (Å²) in [4.78, 5) is 2.42. The van der Waals surface area contributed by atoms with E-state index in [4.69, 9.17) is 25.8 Å². The molecular weight excluding hydrogens is 364 g/mol. The molecule has 0 radical (unpaired) electrons. The van der Waals surface area contributed by atoms with Crippen LogP contribution in [0, 0.1) is 0 Å². The minimum atomic E-state index is 0.471. The van der Waals surface area contributed by atoms with Gasteiger partial charge in [-0.15, -0.1) is 0 Å². The van der Waals surface area contributed by atoms with E-state index in [-0.39, 0.29) is 0 Å².